The van der Waals surface area contributed by atoms with E-state index in [1.807, 2.05) is 35.2 Å². The lowest BCUT2D eigenvalue weighted by Crippen LogP contribution is -2.25. The highest BCUT2D eigenvalue weighted by Gasteiger charge is 2.30. The van der Waals surface area contributed by atoms with Gasteiger partial charge in [0.05, 0.1) is 19.8 Å². The molecule has 7 nitrogen and oxygen atoms in total. The van der Waals surface area contributed by atoms with E-state index in [1.54, 1.807) is 11.6 Å². The molecule has 1 saturated heterocycles. The number of methoxy groups -OCH3 is 1. The van der Waals surface area contributed by atoms with Crippen LogP contribution in [0.15, 0.2) is 30.3 Å². The van der Waals surface area contributed by atoms with Crippen molar-refractivity contribution in [2.75, 3.05) is 20.3 Å². The molecule has 0 radical (unpaired) electrons. The molecule has 4 rings (SSSR count). The van der Waals surface area contributed by atoms with Gasteiger partial charge >= 0.3 is 0 Å². The third-order valence-corrected chi connectivity index (χ3v) is 6.20. The lowest BCUT2D eigenvalue weighted by atomic mass is 10.1. The number of halogens is 1. The molecule has 1 aromatic carbocycles. The summed E-state index contributed by atoms with van der Waals surface area (Å²) in [5.41, 5.74) is 1.84. The smallest absolute Gasteiger partial charge is 0.223 e. The van der Waals surface area contributed by atoms with Gasteiger partial charge in [-0.05, 0) is 17.9 Å². The first kappa shape index (κ1) is 20.3. The summed E-state index contributed by atoms with van der Waals surface area (Å²) in [7, 11) is 1.62. The van der Waals surface area contributed by atoms with Gasteiger partial charge in [-0.1, -0.05) is 53.3 Å². The number of hydrogen-bond donors (Lipinski definition) is 0. The number of imidazole rings is 1. The standard InChI is InChI=1S/C20H23ClN4O3S/c1-27-13-17-23-25-19(21)16(22-20(25)29-17)11-24-10-15(9-18(24)26)7-8-28-12-14-5-3-2-4-6-14/h2-6,15H,7-13H2,1H3. The number of ether oxygens (including phenoxy) is 2. The van der Waals surface area contributed by atoms with Gasteiger partial charge in [-0.3, -0.25) is 4.79 Å². The lowest BCUT2D eigenvalue weighted by Gasteiger charge is -2.15. The van der Waals surface area contributed by atoms with E-state index in [2.05, 4.69) is 10.1 Å². The van der Waals surface area contributed by atoms with Crippen LogP contribution in [0, 0.1) is 5.92 Å². The predicted molar refractivity (Wildman–Crippen MR) is 111 cm³/mol. The molecule has 3 heterocycles. The molecule has 0 N–H and O–H groups in total. The quantitative estimate of drug-likeness (QED) is 0.482. The normalized spacial score (nSPS) is 17.0. The van der Waals surface area contributed by atoms with Gasteiger partial charge in [0.2, 0.25) is 10.9 Å². The Hall–Kier alpha value is -2.00. The Kier molecular flexibility index (Phi) is 6.44. The second-order valence-electron chi connectivity index (χ2n) is 7.14. The van der Waals surface area contributed by atoms with Crippen molar-refractivity contribution in [3.8, 4) is 0 Å². The molecule has 0 aliphatic carbocycles. The predicted octanol–water partition coefficient (Wildman–Crippen LogP) is 3.55. The summed E-state index contributed by atoms with van der Waals surface area (Å²) in [6.45, 7) is 2.79. The first-order chi connectivity index (χ1) is 14.1. The number of benzene rings is 1. The van der Waals surface area contributed by atoms with Gasteiger partial charge in [0.25, 0.3) is 0 Å². The minimum atomic E-state index is 0.138. The van der Waals surface area contributed by atoms with Crippen molar-refractivity contribution in [3.05, 3.63) is 51.7 Å². The highest BCUT2D eigenvalue weighted by Crippen LogP contribution is 2.27. The maximum atomic E-state index is 12.4. The number of aromatic nitrogens is 3. The maximum Gasteiger partial charge on any atom is 0.223 e. The fourth-order valence-electron chi connectivity index (χ4n) is 3.48. The summed E-state index contributed by atoms with van der Waals surface area (Å²) in [6, 6.07) is 10.1. The number of amides is 1. The average molecular weight is 435 g/mol. The van der Waals surface area contributed by atoms with Crippen LogP contribution in [0.5, 0.6) is 0 Å². The van der Waals surface area contributed by atoms with E-state index < -0.39 is 0 Å². The molecule has 3 aromatic rings. The lowest BCUT2D eigenvalue weighted by molar-refractivity contribution is -0.128. The third kappa shape index (κ3) is 4.78. The molecular formula is C20H23ClN4O3S. The topological polar surface area (TPSA) is 69.0 Å². The Bertz CT molecular complexity index is 975. The number of nitrogens with zero attached hydrogens (tertiary/aromatic N) is 4. The van der Waals surface area contributed by atoms with Crippen molar-refractivity contribution in [1.82, 2.24) is 19.5 Å². The molecule has 0 saturated carbocycles. The maximum absolute atomic E-state index is 12.4. The third-order valence-electron chi connectivity index (χ3n) is 4.94. The van der Waals surface area contributed by atoms with Gasteiger partial charge in [-0.15, -0.1) is 0 Å². The largest absolute Gasteiger partial charge is 0.377 e. The molecular weight excluding hydrogens is 412 g/mol. The van der Waals surface area contributed by atoms with Crippen LogP contribution in [0.25, 0.3) is 4.96 Å². The van der Waals surface area contributed by atoms with Crippen LogP contribution in [-0.2, 0) is 34.0 Å². The van der Waals surface area contributed by atoms with Crippen LogP contribution in [-0.4, -0.2) is 45.7 Å². The van der Waals surface area contributed by atoms with Crippen molar-refractivity contribution in [2.24, 2.45) is 5.92 Å². The number of carbonyl (C=O) groups excluding carboxylic acids is 1. The summed E-state index contributed by atoms with van der Waals surface area (Å²) in [5.74, 6) is 0.436. The Balaban J connectivity index is 1.28. The Morgan fingerprint density at radius 2 is 2.10 bits per heavy atom. The molecule has 0 spiro atoms. The molecule has 1 aliphatic rings. The van der Waals surface area contributed by atoms with Gasteiger partial charge in [0, 0.05) is 26.7 Å². The van der Waals surface area contributed by atoms with Crippen molar-refractivity contribution in [3.63, 3.8) is 0 Å². The van der Waals surface area contributed by atoms with Gasteiger partial charge in [0.15, 0.2) is 5.15 Å². The number of likely N-dealkylation sites (tertiary alicyclic amines) is 1. The van der Waals surface area contributed by atoms with Crippen LogP contribution >= 0.6 is 22.9 Å². The first-order valence-corrected chi connectivity index (χ1v) is 10.7. The van der Waals surface area contributed by atoms with Crippen LogP contribution in [0.1, 0.15) is 29.1 Å². The monoisotopic (exact) mass is 434 g/mol. The van der Waals surface area contributed by atoms with Crippen LogP contribution in [0.4, 0.5) is 0 Å². The molecule has 9 heteroatoms. The van der Waals surface area contributed by atoms with Gasteiger partial charge < -0.3 is 14.4 Å². The number of rotatable bonds is 9. The fraction of sp³-hybridized carbons (Fsp3) is 0.450. The molecule has 29 heavy (non-hydrogen) atoms. The second kappa shape index (κ2) is 9.21. The van der Waals surface area contributed by atoms with Crippen molar-refractivity contribution in [2.45, 2.75) is 32.6 Å². The van der Waals surface area contributed by atoms with Crippen molar-refractivity contribution in [1.29, 1.82) is 0 Å². The minimum Gasteiger partial charge on any atom is -0.377 e. The first-order valence-electron chi connectivity index (χ1n) is 9.55. The highest BCUT2D eigenvalue weighted by molar-refractivity contribution is 7.16. The fourth-order valence-corrected chi connectivity index (χ4v) is 4.64. The van der Waals surface area contributed by atoms with E-state index in [9.17, 15) is 4.79 Å². The summed E-state index contributed by atoms with van der Waals surface area (Å²) in [4.78, 5) is 19.5. The zero-order chi connectivity index (χ0) is 20.2. The average Bonchev–Trinajstić information content (AvgIpc) is 3.36. The SMILES string of the molecule is COCc1nn2c(Cl)c(CN3CC(CCOCc4ccccc4)CC3=O)nc2s1. The number of carbonyl (C=O) groups is 1. The van der Waals surface area contributed by atoms with Gasteiger partial charge in [-0.25, -0.2) is 4.98 Å². The molecule has 154 valence electrons. The van der Waals surface area contributed by atoms with Crippen molar-refractivity contribution < 1.29 is 14.3 Å². The Morgan fingerprint density at radius 1 is 1.28 bits per heavy atom. The second-order valence-corrected chi connectivity index (χ2v) is 8.54. The van der Waals surface area contributed by atoms with Crippen LogP contribution < -0.4 is 0 Å². The summed E-state index contributed by atoms with van der Waals surface area (Å²) < 4.78 is 12.5. The molecule has 1 atom stereocenters. The number of fused-ring (bicyclic) bond motifs is 1. The molecule has 1 amide bonds. The summed E-state index contributed by atoms with van der Waals surface area (Å²) >= 11 is 7.88. The molecule has 1 aliphatic heterocycles. The van der Waals surface area contributed by atoms with E-state index >= 15 is 0 Å². The van der Waals surface area contributed by atoms with Crippen molar-refractivity contribution >= 4 is 33.8 Å². The molecule has 2 aromatic heterocycles. The Morgan fingerprint density at radius 3 is 2.86 bits per heavy atom. The highest BCUT2D eigenvalue weighted by atomic mass is 35.5. The van der Waals surface area contributed by atoms with E-state index in [0.29, 0.717) is 56.1 Å². The van der Waals surface area contributed by atoms with Crippen LogP contribution in [0.2, 0.25) is 5.15 Å². The van der Waals surface area contributed by atoms with E-state index in [4.69, 9.17) is 21.1 Å². The number of hydrogen-bond acceptors (Lipinski definition) is 6. The zero-order valence-corrected chi connectivity index (χ0v) is 17.8. The minimum absolute atomic E-state index is 0.138. The molecule has 0 bridgehead atoms. The van der Waals surface area contributed by atoms with E-state index in [-0.39, 0.29) is 5.91 Å². The van der Waals surface area contributed by atoms with Gasteiger partial charge in [-0.2, -0.15) is 9.61 Å². The Labute approximate surface area is 178 Å². The summed E-state index contributed by atoms with van der Waals surface area (Å²) in [6.07, 6.45) is 1.41. The van der Waals surface area contributed by atoms with E-state index in [1.165, 1.54) is 11.3 Å². The molecule has 1 unspecified atom stereocenters. The zero-order valence-electron chi connectivity index (χ0n) is 16.2. The summed E-state index contributed by atoms with van der Waals surface area (Å²) in [5, 5.41) is 5.68. The van der Waals surface area contributed by atoms with Gasteiger partial charge in [0.1, 0.15) is 10.7 Å². The molecule has 1 fully saturated rings. The van der Waals surface area contributed by atoms with E-state index in [0.717, 1.165) is 22.0 Å². The van der Waals surface area contributed by atoms with Crippen LogP contribution in [0.3, 0.4) is 0 Å².